The molecule has 14 heavy (non-hydrogen) atoms. The summed E-state index contributed by atoms with van der Waals surface area (Å²) in [5.41, 5.74) is 15.5. The van der Waals surface area contributed by atoms with Crippen LogP contribution in [0.4, 0.5) is 11.4 Å². The molecule has 0 aliphatic rings. The number of anilines is 2. The van der Waals surface area contributed by atoms with Crippen LogP contribution in [-0.2, 0) is 0 Å². The summed E-state index contributed by atoms with van der Waals surface area (Å²) < 4.78 is 0. The Hall–Kier alpha value is -1.70. The molecule has 0 aliphatic carbocycles. The van der Waals surface area contributed by atoms with Gasteiger partial charge >= 0.3 is 0 Å². The quantitative estimate of drug-likeness (QED) is 0.621. The summed E-state index contributed by atoms with van der Waals surface area (Å²) in [7, 11) is 0. The van der Waals surface area contributed by atoms with E-state index >= 15 is 0 Å². The molecule has 2 aromatic carbocycles. The Morgan fingerprint density at radius 3 is 1.50 bits per heavy atom. The highest BCUT2D eigenvalue weighted by atomic mass is 14.6. The summed E-state index contributed by atoms with van der Waals surface area (Å²) in [6.07, 6.45) is 0. The van der Waals surface area contributed by atoms with Gasteiger partial charge in [-0.3, -0.25) is 0 Å². The zero-order chi connectivity index (χ0) is 10.3. The molecule has 2 nitrogen and oxygen atoms in total. The van der Waals surface area contributed by atoms with Crippen molar-refractivity contribution in [2.24, 2.45) is 0 Å². The fourth-order valence-corrected chi connectivity index (χ4v) is 1.61. The van der Waals surface area contributed by atoms with E-state index in [0.29, 0.717) is 0 Å². The van der Waals surface area contributed by atoms with Gasteiger partial charge in [0.1, 0.15) is 0 Å². The molecule has 0 fully saturated rings. The van der Waals surface area contributed by atoms with Crippen LogP contribution in [0.5, 0.6) is 0 Å². The lowest BCUT2D eigenvalue weighted by molar-refractivity contribution is 1.47. The number of hydrogen-bond donors (Lipinski definition) is 2. The number of fused-ring (bicyclic) bond motifs is 1. The Morgan fingerprint density at radius 1 is 0.714 bits per heavy atom. The van der Waals surface area contributed by atoms with Crippen LogP contribution in [0.15, 0.2) is 24.3 Å². The summed E-state index contributed by atoms with van der Waals surface area (Å²) >= 11 is 0. The number of benzene rings is 2. The van der Waals surface area contributed by atoms with Crippen LogP contribution in [0.25, 0.3) is 10.8 Å². The van der Waals surface area contributed by atoms with E-state index in [1.54, 1.807) is 0 Å². The van der Waals surface area contributed by atoms with Crippen molar-refractivity contribution >= 4 is 22.1 Å². The third kappa shape index (κ3) is 1.29. The van der Waals surface area contributed by atoms with Gasteiger partial charge in [0.25, 0.3) is 0 Å². The van der Waals surface area contributed by atoms with Crippen molar-refractivity contribution in [3.05, 3.63) is 35.4 Å². The van der Waals surface area contributed by atoms with E-state index in [-0.39, 0.29) is 0 Å². The average molecular weight is 186 g/mol. The minimum absolute atomic E-state index is 0.820. The van der Waals surface area contributed by atoms with Gasteiger partial charge in [-0.2, -0.15) is 0 Å². The molecule has 2 heteroatoms. The van der Waals surface area contributed by atoms with E-state index in [1.165, 1.54) is 5.39 Å². The lowest BCUT2D eigenvalue weighted by Gasteiger charge is -2.06. The molecule has 0 heterocycles. The molecule has 4 N–H and O–H groups in total. The van der Waals surface area contributed by atoms with Crippen molar-refractivity contribution in [2.75, 3.05) is 11.5 Å². The molecule has 0 bridgehead atoms. The van der Waals surface area contributed by atoms with Gasteiger partial charge in [-0.15, -0.1) is 0 Å². The van der Waals surface area contributed by atoms with Crippen molar-refractivity contribution in [3.8, 4) is 0 Å². The SMILES string of the molecule is Cc1cc2cc(C)c(N)cc2cc1N. The maximum atomic E-state index is 5.83. The van der Waals surface area contributed by atoms with Crippen LogP contribution in [0.3, 0.4) is 0 Å². The molecule has 0 atom stereocenters. The summed E-state index contributed by atoms with van der Waals surface area (Å²) in [4.78, 5) is 0. The lowest BCUT2D eigenvalue weighted by Crippen LogP contribution is -1.92. The number of aryl methyl sites for hydroxylation is 2. The second-order valence-corrected chi connectivity index (χ2v) is 3.76. The van der Waals surface area contributed by atoms with Gasteiger partial charge in [-0.1, -0.05) is 0 Å². The van der Waals surface area contributed by atoms with Crippen LogP contribution in [0.1, 0.15) is 11.1 Å². The molecule has 0 unspecified atom stereocenters. The van der Waals surface area contributed by atoms with Gasteiger partial charge < -0.3 is 11.5 Å². The summed E-state index contributed by atoms with van der Waals surface area (Å²) in [5.74, 6) is 0. The first-order valence-corrected chi connectivity index (χ1v) is 4.64. The van der Waals surface area contributed by atoms with Gasteiger partial charge in [0, 0.05) is 11.4 Å². The van der Waals surface area contributed by atoms with Crippen molar-refractivity contribution in [3.63, 3.8) is 0 Å². The highest BCUT2D eigenvalue weighted by Crippen LogP contribution is 2.25. The van der Waals surface area contributed by atoms with E-state index < -0.39 is 0 Å². The third-order valence-electron chi connectivity index (χ3n) is 2.61. The minimum atomic E-state index is 0.820. The molecule has 0 saturated carbocycles. The molecule has 0 aliphatic heterocycles. The predicted octanol–water partition coefficient (Wildman–Crippen LogP) is 2.62. The van der Waals surface area contributed by atoms with Crippen molar-refractivity contribution in [1.82, 2.24) is 0 Å². The molecule has 0 amide bonds. The normalized spacial score (nSPS) is 10.7. The first kappa shape index (κ1) is 8.88. The van der Waals surface area contributed by atoms with Gasteiger partial charge in [0.15, 0.2) is 0 Å². The van der Waals surface area contributed by atoms with Crippen LogP contribution in [0, 0.1) is 13.8 Å². The lowest BCUT2D eigenvalue weighted by atomic mass is 10.0. The first-order valence-electron chi connectivity index (χ1n) is 4.64. The Balaban J connectivity index is 2.83. The third-order valence-corrected chi connectivity index (χ3v) is 2.61. The summed E-state index contributed by atoms with van der Waals surface area (Å²) in [6.45, 7) is 4.03. The molecule has 72 valence electrons. The van der Waals surface area contributed by atoms with Gasteiger partial charge in [-0.05, 0) is 60.0 Å². The number of hydrogen-bond acceptors (Lipinski definition) is 2. The highest BCUT2D eigenvalue weighted by molar-refractivity contribution is 5.90. The van der Waals surface area contributed by atoms with Crippen molar-refractivity contribution in [2.45, 2.75) is 13.8 Å². The minimum Gasteiger partial charge on any atom is -0.398 e. The van der Waals surface area contributed by atoms with E-state index in [1.807, 2.05) is 26.0 Å². The summed E-state index contributed by atoms with van der Waals surface area (Å²) in [6, 6.07) is 8.13. The van der Waals surface area contributed by atoms with E-state index in [9.17, 15) is 0 Å². The second-order valence-electron chi connectivity index (χ2n) is 3.76. The fraction of sp³-hybridized carbons (Fsp3) is 0.167. The first-order chi connectivity index (χ1) is 6.58. The second kappa shape index (κ2) is 2.91. The topological polar surface area (TPSA) is 52.0 Å². The Bertz CT molecular complexity index is 412. The van der Waals surface area contributed by atoms with Gasteiger partial charge in [0.2, 0.25) is 0 Å². The number of nitrogen functional groups attached to an aromatic ring is 2. The highest BCUT2D eigenvalue weighted by Gasteiger charge is 2.01. The smallest absolute Gasteiger partial charge is 0.0350 e. The van der Waals surface area contributed by atoms with E-state index in [4.69, 9.17) is 11.5 Å². The van der Waals surface area contributed by atoms with Crippen molar-refractivity contribution < 1.29 is 0 Å². The Morgan fingerprint density at radius 2 is 1.07 bits per heavy atom. The van der Waals surface area contributed by atoms with E-state index in [2.05, 4.69) is 12.1 Å². The zero-order valence-corrected chi connectivity index (χ0v) is 8.46. The van der Waals surface area contributed by atoms with Crippen LogP contribution in [-0.4, -0.2) is 0 Å². The standard InChI is InChI=1S/C12H14N2/c1-7-3-9-4-8(2)12(14)6-10(9)5-11(7)13/h3-6H,13-14H2,1-2H3. The van der Waals surface area contributed by atoms with Gasteiger partial charge in [-0.25, -0.2) is 0 Å². The Labute approximate surface area is 83.5 Å². The molecule has 0 spiro atoms. The van der Waals surface area contributed by atoms with Crippen molar-refractivity contribution in [1.29, 1.82) is 0 Å². The van der Waals surface area contributed by atoms with Crippen LogP contribution in [0.2, 0.25) is 0 Å². The van der Waals surface area contributed by atoms with E-state index in [0.717, 1.165) is 27.9 Å². The fourth-order valence-electron chi connectivity index (χ4n) is 1.61. The number of nitrogens with two attached hydrogens (primary N) is 2. The molecule has 2 rings (SSSR count). The average Bonchev–Trinajstić information content (AvgIpc) is 2.11. The largest absolute Gasteiger partial charge is 0.398 e. The summed E-state index contributed by atoms with van der Waals surface area (Å²) in [5, 5.41) is 2.31. The molecule has 2 aromatic rings. The predicted molar refractivity (Wildman–Crippen MR) is 62.2 cm³/mol. The molecule has 0 aromatic heterocycles. The molecule has 0 radical (unpaired) electrons. The maximum absolute atomic E-state index is 5.83. The Kier molecular flexibility index (Phi) is 1.84. The van der Waals surface area contributed by atoms with Gasteiger partial charge in [0.05, 0.1) is 0 Å². The maximum Gasteiger partial charge on any atom is 0.0350 e. The van der Waals surface area contributed by atoms with Crippen LogP contribution < -0.4 is 11.5 Å². The van der Waals surface area contributed by atoms with Crippen LogP contribution >= 0.6 is 0 Å². The monoisotopic (exact) mass is 186 g/mol. The molecular formula is C12H14N2. The zero-order valence-electron chi connectivity index (χ0n) is 8.46. The molecule has 0 saturated heterocycles. The number of rotatable bonds is 0. The molecular weight excluding hydrogens is 172 g/mol.